The molecule has 0 spiro atoms. The third kappa shape index (κ3) is 1.93. The predicted octanol–water partition coefficient (Wildman–Crippen LogP) is 2.06. The van der Waals surface area contributed by atoms with Crippen molar-refractivity contribution in [2.75, 3.05) is 0 Å². The van der Waals surface area contributed by atoms with E-state index < -0.39 is 0 Å². The average Bonchev–Trinajstić information content (AvgIpc) is 2.52. The third-order valence-electron chi connectivity index (χ3n) is 2.06. The van der Waals surface area contributed by atoms with Gasteiger partial charge in [-0.05, 0) is 17.7 Å². The fraction of sp³-hybridized carbons (Fsp3) is 0.200. The summed E-state index contributed by atoms with van der Waals surface area (Å²) in [5.41, 5.74) is 1.15. The molecule has 0 aliphatic rings. The number of aromatic nitrogens is 3. The second kappa shape index (κ2) is 3.80. The van der Waals surface area contributed by atoms with E-state index in [1.165, 1.54) is 0 Å². The van der Waals surface area contributed by atoms with Gasteiger partial charge in [-0.15, -0.1) is 10.2 Å². The number of aryl methyl sites for hydroxylation is 1. The van der Waals surface area contributed by atoms with Crippen LogP contribution in [0.25, 0.3) is 0 Å². The maximum Gasteiger partial charge on any atom is 0.136 e. The number of rotatable bonds is 2. The molecule has 0 unspecified atom stereocenters. The Hall–Kier alpha value is -1.35. The highest BCUT2D eigenvalue weighted by Gasteiger charge is 2.02. The molecule has 0 radical (unpaired) electrons. The van der Waals surface area contributed by atoms with E-state index in [1.54, 1.807) is 6.33 Å². The molecule has 0 saturated heterocycles. The molecule has 0 N–H and O–H groups in total. The van der Waals surface area contributed by atoms with Gasteiger partial charge in [0.15, 0.2) is 0 Å². The summed E-state index contributed by atoms with van der Waals surface area (Å²) in [5, 5.41) is 8.59. The van der Waals surface area contributed by atoms with E-state index in [0.29, 0.717) is 0 Å². The number of hydrogen-bond donors (Lipinski definition) is 0. The Kier molecular flexibility index (Phi) is 2.50. The fourth-order valence-electron chi connectivity index (χ4n) is 1.30. The van der Waals surface area contributed by atoms with E-state index in [0.717, 1.165) is 22.8 Å². The SMILES string of the molecule is Cn1cnnc1Cc1cccc(Cl)c1. The summed E-state index contributed by atoms with van der Waals surface area (Å²) >= 11 is 5.88. The monoisotopic (exact) mass is 207 g/mol. The highest BCUT2D eigenvalue weighted by molar-refractivity contribution is 6.30. The van der Waals surface area contributed by atoms with Gasteiger partial charge in [-0.3, -0.25) is 0 Å². The van der Waals surface area contributed by atoms with E-state index in [-0.39, 0.29) is 0 Å². The molecule has 0 fully saturated rings. The molecule has 2 aromatic rings. The normalized spacial score (nSPS) is 10.4. The molecule has 0 aliphatic heterocycles. The van der Waals surface area contributed by atoms with Crippen LogP contribution in [0.4, 0.5) is 0 Å². The molecule has 3 nitrogen and oxygen atoms in total. The van der Waals surface area contributed by atoms with E-state index in [9.17, 15) is 0 Å². The molecular formula is C10H10ClN3. The van der Waals surface area contributed by atoms with Gasteiger partial charge in [-0.1, -0.05) is 23.7 Å². The minimum atomic E-state index is 0.754. The molecule has 0 amide bonds. The van der Waals surface area contributed by atoms with Gasteiger partial charge in [0.1, 0.15) is 12.2 Å². The van der Waals surface area contributed by atoms with Crippen LogP contribution in [-0.4, -0.2) is 14.8 Å². The van der Waals surface area contributed by atoms with Gasteiger partial charge in [-0.25, -0.2) is 0 Å². The van der Waals surface area contributed by atoms with Gasteiger partial charge in [0.25, 0.3) is 0 Å². The lowest BCUT2D eigenvalue weighted by Crippen LogP contribution is -1.98. The molecule has 0 atom stereocenters. The van der Waals surface area contributed by atoms with Crippen molar-refractivity contribution >= 4 is 11.6 Å². The van der Waals surface area contributed by atoms with Crippen LogP contribution < -0.4 is 0 Å². The van der Waals surface area contributed by atoms with Crippen molar-refractivity contribution in [1.82, 2.24) is 14.8 Å². The Labute approximate surface area is 87.3 Å². The second-order valence-corrected chi connectivity index (χ2v) is 3.60. The van der Waals surface area contributed by atoms with Crippen molar-refractivity contribution in [3.63, 3.8) is 0 Å². The van der Waals surface area contributed by atoms with Gasteiger partial charge in [-0.2, -0.15) is 0 Å². The van der Waals surface area contributed by atoms with Crippen LogP contribution in [0, 0.1) is 0 Å². The van der Waals surface area contributed by atoms with Crippen LogP contribution in [0.3, 0.4) is 0 Å². The van der Waals surface area contributed by atoms with Crippen molar-refractivity contribution in [3.8, 4) is 0 Å². The van der Waals surface area contributed by atoms with Gasteiger partial charge < -0.3 is 4.57 Å². The zero-order valence-electron chi connectivity index (χ0n) is 7.81. The Morgan fingerprint density at radius 2 is 2.29 bits per heavy atom. The maximum atomic E-state index is 5.88. The van der Waals surface area contributed by atoms with Crippen molar-refractivity contribution in [1.29, 1.82) is 0 Å². The van der Waals surface area contributed by atoms with E-state index in [2.05, 4.69) is 10.2 Å². The first kappa shape index (κ1) is 9.21. The first-order chi connectivity index (χ1) is 6.75. The molecule has 1 aromatic carbocycles. The predicted molar refractivity (Wildman–Crippen MR) is 55.3 cm³/mol. The first-order valence-corrected chi connectivity index (χ1v) is 4.71. The Balaban J connectivity index is 2.23. The van der Waals surface area contributed by atoms with Gasteiger partial charge in [0, 0.05) is 18.5 Å². The quantitative estimate of drug-likeness (QED) is 0.755. The number of nitrogens with zero attached hydrogens (tertiary/aromatic N) is 3. The summed E-state index contributed by atoms with van der Waals surface area (Å²) in [6, 6.07) is 7.77. The van der Waals surface area contributed by atoms with Crippen LogP contribution in [0.15, 0.2) is 30.6 Å². The molecule has 0 bridgehead atoms. The zero-order valence-corrected chi connectivity index (χ0v) is 8.57. The van der Waals surface area contributed by atoms with E-state index in [4.69, 9.17) is 11.6 Å². The van der Waals surface area contributed by atoms with Crippen molar-refractivity contribution < 1.29 is 0 Å². The van der Waals surface area contributed by atoms with Gasteiger partial charge >= 0.3 is 0 Å². The van der Waals surface area contributed by atoms with Crippen LogP contribution >= 0.6 is 11.6 Å². The molecule has 1 aromatic heterocycles. The van der Waals surface area contributed by atoms with Gasteiger partial charge in [0.2, 0.25) is 0 Å². The minimum Gasteiger partial charge on any atom is -0.320 e. The molecule has 0 saturated carbocycles. The Morgan fingerprint density at radius 1 is 1.43 bits per heavy atom. The molecule has 4 heteroatoms. The van der Waals surface area contributed by atoms with Crippen LogP contribution in [-0.2, 0) is 13.5 Å². The summed E-state index contributed by atoms with van der Waals surface area (Å²) in [5.74, 6) is 0.937. The molecule has 0 aliphatic carbocycles. The summed E-state index contributed by atoms with van der Waals surface area (Å²) < 4.78 is 1.90. The summed E-state index contributed by atoms with van der Waals surface area (Å²) in [6.45, 7) is 0. The second-order valence-electron chi connectivity index (χ2n) is 3.16. The van der Waals surface area contributed by atoms with E-state index in [1.807, 2.05) is 35.9 Å². The smallest absolute Gasteiger partial charge is 0.136 e. The van der Waals surface area contributed by atoms with Crippen molar-refractivity contribution in [2.24, 2.45) is 7.05 Å². The minimum absolute atomic E-state index is 0.754. The lowest BCUT2D eigenvalue weighted by Gasteiger charge is -2.00. The lowest BCUT2D eigenvalue weighted by atomic mass is 10.1. The first-order valence-electron chi connectivity index (χ1n) is 4.33. The van der Waals surface area contributed by atoms with Crippen LogP contribution in [0.2, 0.25) is 5.02 Å². The van der Waals surface area contributed by atoms with Gasteiger partial charge in [0.05, 0.1) is 0 Å². The number of benzene rings is 1. The fourth-order valence-corrected chi connectivity index (χ4v) is 1.51. The standard InChI is InChI=1S/C10H10ClN3/c1-14-7-12-13-10(14)6-8-3-2-4-9(11)5-8/h2-5,7H,6H2,1H3. The van der Waals surface area contributed by atoms with Crippen molar-refractivity contribution in [2.45, 2.75) is 6.42 Å². The van der Waals surface area contributed by atoms with E-state index >= 15 is 0 Å². The van der Waals surface area contributed by atoms with Crippen LogP contribution in [0.1, 0.15) is 11.4 Å². The molecule has 72 valence electrons. The Bertz CT molecular complexity index is 436. The highest BCUT2D eigenvalue weighted by atomic mass is 35.5. The lowest BCUT2D eigenvalue weighted by molar-refractivity contribution is 0.821. The average molecular weight is 208 g/mol. The molecule has 2 rings (SSSR count). The summed E-state index contributed by atoms with van der Waals surface area (Å²) in [6.07, 6.45) is 2.46. The number of hydrogen-bond acceptors (Lipinski definition) is 2. The summed E-state index contributed by atoms with van der Waals surface area (Å²) in [7, 11) is 1.93. The Morgan fingerprint density at radius 3 is 2.93 bits per heavy atom. The van der Waals surface area contributed by atoms with Crippen LogP contribution in [0.5, 0.6) is 0 Å². The third-order valence-corrected chi connectivity index (χ3v) is 2.29. The number of halogens is 1. The summed E-state index contributed by atoms with van der Waals surface area (Å²) in [4.78, 5) is 0. The highest BCUT2D eigenvalue weighted by Crippen LogP contribution is 2.13. The molecular weight excluding hydrogens is 198 g/mol. The molecule has 14 heavy (non-hydrogen) atoms. The van der Waals surface area contributed by atoms with Crippen molar-refractivity contribution in [3.05, 3.63) is 47.0 Å². The maximum absolute atomic E-state index is 5.88. The molecule has 1 heterocycles. The topological polar surface area (TPSA) is 30.7 Å². The largest absolute Gasteiger partial charge is 0.320 e. The zero-order chi connectivity index (χ0) is 9.97.